The Labute approximate surface area is 156 Å². The quantitative estimate of drug-likeness (QED) is 0.771. The molecule has 0 heterocycles. The average Bonchev–Trinajstić information content (AvgIpc) is 2.68. The van der Waals surface area contributed by atoms with Crippen LogP contribution >= 0.6 is 0 Å². The van der Waals surface area contributed by atoms with E-state index >= 15 is 0 Å². The van der Waals surface area contributed by atoms with E-state index in [1.807, 2.05) is 0 Å². The first-order valence-corrected chi connectivity index (χ1v) is 8.58. The number of hydrogen-bond donors (Lipinski definition) is 1. The normalized spacial score (nSPS) is 11.6. The molecule has 27 heavy (non-hydrogen) atoms. The molecule has 0 aliphatic carbocycles. The van der Waals surface area contributed by atoms with Crippen molar-refractivity contribution < 1.29 is 23.1 Å². The van der Waals surface area contributed by atoms with Crippen LogP contribution in [0.1, 0.15) is 18.9 Å². The fraction of sp³-hybridized carbons (Fsp3) is 0.300. The van der Waals surface area contributed by atoms with Crippen molar-refractivity contribution in [3.05, 3.63) is 65.7 Å². The number of nitrogens with zero attached hydrogens (tertiary/aromatic N) is 1. The van der Waals surface area contributed by atoms with Gasteiger partial charge in [0.05, 0.1) is 0 Å². The number of carbonyl (C=O) groups is 2. The highest BCUT2D eigenvalue weighted by Gasteiger charge is 2.28. The van der Waals surface area contributed by atoms with E-state index in [0.717, 1.165) is 0 Å². The molecule has 2 amide bonds. The molecule has 0 aliphatic rings. The zero-order valence-electron chi connectivity index (χ0n) is 15.2. The summed E-state index contributed by atoms with van der Waals surface area (Å²) in [7, 11) is 1.50. The summed E-state index contributed by atoms with van der Waals surface area (Å²) in [5.74, 6) is -1.14. The molecule has 2 aromatic rings. The zero-order chi connectivity index (χ0) is 19.8. The predicted octanol–water partition coefficient (Wildman–Crippen LogP) is 2.90. The van der Waals surface area contributed by atoms with Crippen molar-refractivity contribution in [1.29, 1.82) is 0 Å². The van der Waals surface area contributed by atoms with Crippen LogP contribution in [0.15, 0.2) is 48.5 Å². The third kappa shape index (κ3) is 5.77. The van der Waals surface area contributed by atoms with Crippen molar-refractivity contribution >= 4 is 11.8 Å². The van der Waals surface area contributed by atoms with E-state index in [1.54, 1.807) is 19.1 Å². The molecule has 5 nitrogen and oxygen atoms in total. The molecule has 0 spiro atoms. The van der Waals surface area contributed by atoms with Gasteiger partial charge in [0.25, 0.3) is 5.91 Å². The number of nitrogens with one attached hydrogen (secondary N) is 1. The maximum atomic E-state index is 13.1. The highest BCUT2D eigenvalue weighted by molar-refractivity contribution is 5.88. The SMILES string of the molecule is CC[C@H](C(=O)NC)N(Cc1ccc(F)cc1)C(=O)COc1ccc(F)cc1. The van der Waals surface area contributed by atoms with Crippen molar-refractivity contribution in [2.45, 2.75) is 25.9 Å². The number of likely N-dealkylation sites (N-methyl/N-ethyl adjacent to an activating group) is 1. The van der Waals surface area contributed by atoms with Gasteiger partial charge in [0.2, 0.25) is 5.91 Å². The molecule has 0 saturated heterocycles. The van der Waals surface area contributed by atoms with E-state index in [1.165, 1.54) is 48.3 Å². The fourth-order valence-electron chi connectivity index (χ4n) is 2.63. The van der Waals surface area contributed by atoms with Gasteiger partial charge in [-0.05, 0) is 48.4 Å². The Hall–Kier alpha value is -2.96. The summed E-state index contributed by atoms with van der Waals surface area (Å²) in [6.45, 7) is 1.63. The smallest absolute Gasteiger partial charge is 0.261 e. The number of amides is 2. The average molecular weight is 376 g/mol. The van der Waals surface area contributed by atoms with E-state index in [2.05, 4.69) is 5.32 Å². The lowest BCUT2D eigenvalue weighted by molar-refractivity contribution is -0.142. The second kappa shape index (κ2) is 9.66. The zero-order valence-corrected chi connectivity index (χ0v) is 15.2. The Bertz CT molecular complexity index is 764. The molecule has 2 aromatic carbocycles. The highest BCUT2D eigenvalue weighted by Crippen LogP contribution is 2.15. The van der Waals surface area contributed by atoms with Crippen molar-refractivity contribution in [2.24, 2.45) is 0 Å². The number of carbonyl (C=O) groups excluding carboxylic acids is 2. The Balaban J connectivity index is 2.15. The maximum absolute atomic E-state index is 13.1. The first-order chi connectivity index (χ1) is 12.9. The minimum atomic E-state index is -0.690. The molecule has 0 radical (unpaired) electrons. The fourth-order valence-corrected chi connectivity index (χ4v) is 2.63. The van der Waals surface area contributed by atoms with E-state index in [-0.39, 0.29) is 24.9 Å². The van der Waals surface area contributed by atoms with Crippen molar-refractivity contribution in [2.75, 3.05) is 13.7 Å². The minimum Gasteiger partial charge on any atom is -0.484 e. The van der Waals surface area contributed by atoms with E-state index in [0.29, 0.717) is 17.7 Å². The van der Waals surface area contributed by atoms with Crippen LogP contribution in [0.4, 0.5) is 8.78 Å². The number of ether oxygens (including phenoxy) is 1. The first-order valence-electron chi connectivity index (χ1n) is 8.58. The van der Waals surface area contributed by atoms with Gasteiger partial charge in [0.1, 0.15) is 23.4 Å². The molecule has 0 aromatic heterocycles. The van der Waals surface area contributed by atoms with Gasteiger partial charge in [-0.1, -0.05) is 19.1 Å². The summed E-state index contributed by atoms with van der Waals surface area (Å²) >= 11 is 0. The van der Waals surface area contributed by atoms with Gasteiger partial charge in [-0.15, -0.1) is 0 Å². The largest absolute Gasteiger partial charge is 0.484 e. The Morgan fingerprint density at radius 1 is 1.04 bits per heavy atom. The molecule has 7 heteroatoms. The molecule has 0 bridgehead atoms. The molecule has 2 rings (SSSR count). The van der Waals surface area contributed by atoms with Crippen molar-refractivity contribution in [1.82, 2.24) is 10.2 Å². The third-order valence-electron chi connectivity index (χ3n) is 4.07. The summed E-state index contributed by atoms with van der Waals surface area (Å²) < 4.78 is 31.5. The molecule has 0 fully saturated rings. The third-order valence-corrected chi connectivity index (χ3v) is 4.07. The number of hydrogen-bond acceptors (Lipinski definition) is 3. The Morgan fingerprint density at radius 2 is 1.59 bits per heavy atom. The summed E-state index contributed by atoms with van der Waals surface area (Å²) in [5, 5.41) is 2.55. The number of rotatable bonds is 8. The molecular weight excluding hydrogens is 354 g/mol. The Morgan fingerprint density at radius 3 is 2.11 bits per heavy atom. The lowest BCUT2D eigenvalue weighted by atomic mass is 10.1. The second-order valence-corrected chi connectivity index (χ2v) is 5.93. The van der Waals surface area contributed by atoms with Crippen molar-refractivity contribution in [3.63, 3.8) is 0 Å². The number of benzene rings is 2. The topological polar surface area (TPSA) is 58.6 Å². The lowest BCUT2D eigenvalue weighted by Gasteiger charge is -2.30. The summed E-state index contributed by atoms with van der Waals surface area (Å²) in [6, 6.07) is 10.3. The summed E-state index contributed by atoms with van der Waals surface area (Å²) in [5.41, 5.74) is 0.689. The van der Waals surface area contributed by atoms with Crippen LogP contribution in [-0.4, -0.2) is 36.4 Å². The van der Waals surface area contributed by atoms with Gasteiger partial charge in [-0.2, -0.15) is 0 Å². The van der Waals surface area contributed by atoms with Crippen LogP contribution in [0.2, 0.25) is 0 Å². The molecule has 0 unspecified atom stereocenters. The van der Waals surface area contributed by atoms with E-state index in [4.69, 9.17) is 4.74 Å². The molecule has 1 atom stereocenters. The van der Waals surface area contributed by atoms with Crippen LogP contribution < -0.4 is 10.1 Å². The van der Waals surface area contributed by atoms with Gasteiger partial charge >= 0.3 is 0 Å². The van der Waals surface area contributed by atoms with Crippen molar-refractivity contribution in [3.8, 4) is 5.75 Å². The Kier molecular flexibility index (Phi) is 7.28. The summed E-state index contributed by atoms with van der Waals surface area (Å²) in [4.78, 5) is 26.3. The van der Waals surface area contributed by atoms with Gasteiger partial charge in [0.15, 0.2) is 6.61 Å². The van der Waals surface area contributed by atoms with Gasteiger partial charge in [0, 0.05) is 13.6 Å². The minimum absolute atomic E-state index is 0.137. The van der Waals surface area contributed by atoms with Crippen LogP contribution in [0, 0.1) is 11.6 Å². The first kappa shape index (κ1) is 20.4. The van der Waals surface area contributed by atoms with Crippen LogP contribution in [0.3, 0.4) is 0 Å². The maximum Gasteiger partial charge on any atom is 0.261 e. The number of halogens is 2. The standard InChI is InChI=1S/C20H22F2N2O3/c1-3-18(20(26)23-2)24(12-14-4-6-15(21)7-5-14)19(25)13-27-17-10-8-16(22)9-11-17/h4-11,18H,3,12-13H2,1-2H3,(H,23,26)/t18-/m1/s1. The lowest BCUT2D eigenvalue weighted by Crippen LogP contribution is -2.49. The monoisotopic (exact) mass is 376 g/mol. The van der Waals surface area contributed by atoms with Gasteiger partial charge < -0.3 is 15.0 Å². The van der Waals surface area contributed by atoms with E-state index in [9.17, 15) is 18.4 Å². The molecule has 0 aliphatic heterocycles. The molecule has 0 saturated carbocycles. The highest BCUT2D eigenvalue weighted by atomic mass is 19.1. The molecule has 1 N–H and O–H groups in total. The second-order valence-electron chi connectivity index (χ2n) is 5.93. The summed E-state index contributed by atoms with van der Waals surface area (Å²) in [6.07, 6.45) is 0.406. The predicted molar refractivity (Wildman–Crippen MR) is 97.0 cm³/mol. The van der Waals surface area contributed by atoms with E-state index < -0.39 is 17.8 Å². The van der Waals surface area contributed by atoms with Crippen LogP contribution in [0.25, 0.3) is 0 Å². The molecular formula is C20H22F2N2O3. The van der Waals surface area contributed by atoms with Crippen LogP contribution in [0.5, 0.6) is 5.75 Å². The van der Waals surface area contributed by atoms with Gasteiger partial charge in [-0.3, -0.25) is 9.59 Å². The van der Waals surface area contributed by atoms with Crippen LogP contribution in [-0.2, 0) is 16.1 Å². The molecule has 144 valence electrons. The van der Waals surface area contributed by atoms with Gasteiger partial charge in [-0.25, -0.2) is 8.78 Å².